The molecular weight excluding hydrogens is 504 g/mol. The summed E-state index contributed by atoms with van der Waals surface area (Å²) in [5.41, 5.74) is 0.807. The van der Waals surface area contributed by atoms with Crippen LogP contribution in [0.5, 0.6) is 11.5 Å². The van der Waals surface area contributed by atoms with E-state index >= 15 is 0 Å². The van der Waals surface area contributed by atoms with Crippen LogP contribution in [0.2, 0.25) is 0 Å². The van der Waals surface area contributed by atoms with Crippen LogP contribution < -0.4 is 25.0 Å². The van der Waals surface area contributed by atoms with Crippen LogP contribution in [-0.2, 0) is 4.79 Å². The highest BCUT2D eigenvalue weighted by atomic mass is 35.5. The molecule has 0 spiro atoms. The number of carbonyl (C=O) groups is 1. The molecule has 2 saturated heterocycles. The summed E-state index contributed by atoms with van der Waals surface area (Å²) in [6.07, 6.45) is 10.9. The first-order valence-electron chi connectivity index (χ1n) is 14.1. The van der Waals surface area contributed by atoms with Gasteiger partial charge in [0.25, 0.3) is 0 Å². The van der Waals surface area contributed by atoms with Gasteiger partial charge in [0.05, 0.1) is 19.7 Å². The smallest absolute Gasteiger partial charge is 0.235 e. The first kappa shape index (κ1) is 27.1. The van der Waals surface area contributed by atoms with Crippen molar-refractivity contribution in [1.29, 1.82) is 0 Å². The Balaban J connectivity index is 1.38. The number of hydrogen-bond acceptors (Lipinski definition) is 8. The van der Waals surface area contributed by atoms with Crippen LogP contribution >= 0.6 is 11.6 Å². The summed E-state index contributed by atoms with van der Waals surface area (Å²) in [6, 6.07) is 5.04. The monoisotopic (exact) mass is 544 g/mol. The molecule has 10 heteroatoms. The number of nitrogens with zero attached hydrogens (tertiary/aromatic N) is 4. The Bertz CT molecular complexity index is 1100. The van der Waals surface area contributed by atoms with Crippen molar-refractivity contribution in [1.82, 2.24) is 20.2 Å². The van der Waals surface area contributed by atoms with Gasteiger partial charge in [-0.2, -0.15) is 4.98 Å². The standard InChI is InChI=1S/C28H41ClN6O3/c1-37-24-15-22-23(16-25(24)38-2)32-28(35-12-6-7-20(18-35)30-26(36)17-29)33-27(22)31-19-10-13-34(14-11-19)21-8-4-3-5-9-21/h15-16,19-21H,3-14,17-18H2,1-2H3,(H,30,36)(H,31,32,33). The normalized spacial score (nSPS) is 21.9. The topological polar surface area (TPSA) is 91.8 Å². The fourth-order valence-electron chi connectivity index (χ4n) is 6.29. The van der Waals surface area contributed by atoms with Gasteiger partial charge < -0.3 is 29.9 Å². The number of halogens is 1. The van der Waals surface area contributed by atoms with E-state index in [1.807, 2.05) is 12.1 Å². The summed E-state index contributed by atoms with van der Waals surface area (Å²) in [4.78, 5) is 26.7. The highest BCUT2D eigenvalue weighted by Gasteiger charge is 2.28. The molecule has 2 aliphatic heterocycles. The van der Waals surface area contributed by atoms with E-state index in [4.69, 9.17) is 31.0 Å². The third-order valence-electron chi connectivity index (χ3n) is 8.34. The Hall–Kier alpha value is -2.52. The van der Waals surface area contributed by atoms with E-state index in [1.165, 1.54) is 32.1 Å². The molecule has 3 fully saturated rings. The zero-order valence-corrected chi connectivity index (χ0v) is 23.4. The van der Waals surface area contributed by atoms with Crippen LogP contribution in [0.25, 0.3) is 10.9 Å². The Morgan fingerprint density at radius 3 is 2.39 bits per heavy atom. The molecule has 38 heavy (non-hydrogen) atoms. The number of anilines is 2. The number of likely N-dealkylation sites (tertiary alicyclic amines) is 1. The summed E-state index contributed by atoms with van der Waals surface area (Å²) >= 11 is 5.73. The zero-order valence-electron chi connectivity index (χ0n) is 22.7. The van der Waals surface area contributed by atoms with Gasteiger partial charge in [-0.05, 0) is 44.6 Å². The lowest BCUT2D eigenvalue weighted by atomic mass is 9.92. The maximum atomic E-state index is 11.9. The van der Waals surface area contributed by atoms with E-state index in [2.05, 4.69) is 20.4 Å². The maximum absolute atomic E-state index is 11.9. The summed E-state index contributed by atoms with van der Waals surface area (Å²) in [5.74, 6) is 2.62. The molecule has 1 unspecified atom stereocenters. The van der Waals surface area contributed by atoms with Gasteiger partial charge in [0, 0.05) is 55.8 Å². The Morgan fingerprint density at radius 2 is 1.68 bits per heavy atom. The van der Waals surface area contributed by atoms with Gasteiger partial charge in [0.15, 0.2) is 11.5 Å². The molecule has 1 amide bonds. The fourth-order valence-corrected chi connectivity index (χ4v) is 6.36. The van der Waals surface area contributed by atoms with Gasteiger partial charge in [-0.3, -0.25) is 4.79 Å². The van der Waals surface area contributed by atoms with Crippen molar-refractivity contribution in [3.05, 3.63) is 12.1 Å². The molecule has 3 aliphatic rings. The molecule has 1 saturated carbocycles. The lowest BCUT2D eigenvalue weighted by Crippen LogP contribution is -2.48. The van der Waals surface area contributed by atoms with Crippen LogP contribution in [0, 0.1) is 0 Å². The van der Waals surface area contributed by atoms with E-state index in [0.717, 1.165) is 68.1 Å². The number of ether oxygens (including phenoxy) is 2. The molecule has 0 bridgehead atoms. The molecule has 2 aromatic rings. The molecule has 1 aromatic carbocycles. The fraction of sp³-hybridized carbons (Fsp3) is 0.679. The highest BCUT2D eigenvalue weighted by molar-refractivity contribution is 6.27. The summed E-state index contributed by atoms with van der Waals surface area (Å²) in [7, 11) is 3.29. The van der Waals surface area contributed by atoms with Crippen molar-refractivity contribution in [3.8, 4) is 11.5 Å². The van der Waals surface area contributed by atoms with Crippen LogP contribution in [0.4, 0.5) is 11.8 Å². The van der Waals surface area contributed by atoms with Crippen molar-refractivity contribution in [2.75, 3.05) is 56.5 Å². The van der Waals surface area contributed by atoms with Gasteiger partial charge in [-0.25, -0.2) is 4.98 Å². The zero-order chi connectivity index (χ0) is 26.5. The van der Waals surface area contributed by atoms with Crippen molar-refractivity contribution >= 4 is 40.2 Å². The minimum atomic E-state index is -0.142. The predicted molar refractivity (Wildman–Crippen MR) is 152 cm³/mol. The largest absolute Gasteiger partial charge is 0.493 e. The number of rotatable bonds is 8. The first-order valence-corrected chi connectivity index (χ1v) is 14.7. The van der Waals surface area contributed by atoms with Gasteiger partial charge in [0.2, 0.25) is 11.9 Å². The van der Waals surface area contributed by atoms with Crippen molar-refractivity contribution < 1.29 is 14.3 Å². The number of alkyl halides is 1. The minimum Gasteiger partial charge on any atom is -0.493 e. The molecule has 9 nitrogen and oxygen atoms in total. The SMILES string of the molecule is COc1cc2nc(N3CCCC(NC(=O)CCl)C3)nc(NC3CCN(C4CCCCC4)CC3)c2cc1OC. The molecule has 1 aliphatic carbocycles. The van der Waals surface area contributed by atoms with E-state index in [0.29, 0.717) is 30.0 Å². The molecule has 1 aromatic heterocycles. The van der Waals surface area contributed by atoms with Crippen molar-refractivity contribution in [3.63, 3.8) is 0 Å². The second-order valence-corrected chi connectivity index (χ2v) is 11.1. The van der Waals surface area contributed by atoms with E-state index in [-0.39, 0.29) is 17.8 Å². The third-order valence-corrected chi connectivity index (χ3v) is 8.58. The molecule has 5 rings (SSSR count). The lowest BCUT2D eigenvalue weighted by Gasteiger charge is -2.39. The lowest BCUT2D eigenvalue weighted by molar-refractivity contribution is -0.119. The van der Waals surface area contributed by atoms with Crippen molar-refractivity contribution in [2.45, 2.75) is 75.9 Å². The maximum Gasteiger partial charge on any atom is 0.235 e. The average molecular weight is 545 g/mol. The molecule has 2 N–H and O–H groups in total. The molecular formula is C28H41ClN6O3. The van der Waals surface area contributed by atoms with Crippen LogP contribution in [-0.4, -0.2) is 85.2 Å². The first-order chi connectivity index (χ1) is 18.6. The van der Waals surface area contributed by atoms with Gasteiger partial charge in [0.1, 0.15) is 11.7 Å². The van der Waals surface area contributed by atoms with Crippen molar-refractivity contribution in [2.24, 2.45) is 0 Å². The molecule has 208 valence electrons. The number of aromatic nitrogens is 2. The van der Waals surface area contributed by atoms with Crippen LogP contribution in [0.1, 0.15) is 57.8 Å². The van der Waals surface area contributed by atoms with E-state index < -0.39 is 0 Å². The van der Waals surface area contributed by atoms with Gasteiger partial charge in [-0.1, -0.05) is 19.3 Å². The number of carbonyl (C=O) groups excluding carboxylic acids is 1. The summed E-state index contributed by atoms with van der Waals surface area (Å²) in [5, 5.41) is 7.73. The number of piperidine rings is 2. The van der Waals surface area contributed by atoms with Crippen LogP contribution in [0.15, 0.2) is 12.1 Å². The number of hydrogen-bond donors (Lipinski definition) is 2. The van der Waals surface area contributed by atoms with Gasteiger partial charge in [-0.15, -0.1) is 11.6 Å². The van der Waals surface area contributed by atoms with E-state index in [9.17, 15) is 4.79 Å². The summed E-state index contributed by atoms with van der Waals surface area (Å²) < 4.78 is 11.2. The predicted octanol–water partition coefficient (Wildman–Crippen LogP) is 4.18. The summed E-state index contributed by atoms with van der Waals surface area (Å²) in [6.45, 7) is 3.75. The molecule has 3 heterocycles. The number of amides is 1. The number of fused-ring (bicyclic) bond motifs is 1. The van der Waals surface area contributed by atoms with E-state index in [1.54, 1.807) is 14.2 Å². The highest BCUT2D eigenvalue weighted by Crippen LogP contribution is 2.36. The second kappa shape index (κ2) is 12.6. The third kappa shape index (κ3) is 6.20. The number of benzene rings is 1. The number of nitrogens with one attached hydrogen (secondary N) is 2. The van der Waals surface area contributed by atoms with Crippen LogP contribution in [0.3, 0.4) is 0 Å². The second-order valence-electron chi connectivity index (χ2n) is 10.8. The minimum absolute atomic E-state index is 0.0280. The Morgan fingerprint density at radius 1 is 0.947 bits per heavy atom. The van der Waals surface area contributed by atoms with Gasteiger partial charge >= 0.3 is 0 Å². The molecule has 0 radical (unpaired) electrons. The quantitative estimate of drug-likeness (QED) is 0.478. The molecule has 1 atom stereocenters. The average Bonchev–Trinajstić information content (AvgIpc) is 2.97. The Kier molecular flexibility index (Phi) is 8.94. The Labute approximate surface area is 230 Å². The number of methoxy groups -OCH3 is 2.